The van der Waals surface area contributed by atoms with Gasteiger partial charge in [0.25, 0.3) is 0 Å². The number of amides is 1. The molecule has 5 heteroatoms. The molecule has 3 fully saturated rings. The maximum absolute atomic E-state index is 13.2. The van der Waals surface area contributed by atoms with E-state index in [1.165, 1.54) is 5.56 Å². The summed E-state index contributed by atoms with van der Waals surface area (Å²) in [7, 11) is 0. The van der Waals surface area contributed by atoms with Gasteiger partial charge in [0.05, 0.1) is 11.1 Å². The molecular weight excluding hydrogens is 360 g/mol. The zero-order chi connectivity index (χ0) is 20.2. The summed E-state index contributed by atoms with van der Waals surface area (Å²) in [6.07, 6.45) is 3.49. The topological polar surface area (TPSA) is 69.0 Å². The van der Waals surface area contributed by atoms with Crippen molar-refractivity contribution in [3.05, 3.63) is 41.6 Å². The standard InChI is InChI=1S/C24H28N4O/c1-15-8-17(18-6-5-16(10-25)23-19(18)4-3-7-27-23)14-28(13-15)22(29)9-24(2)20-11-26-12-21(20)24/h3-7,15,17,20-21,26H,8-9,11-14H2,1-2H3/t15-,17-,20-,21+,24?/m1/s1. The van der Waals surface area contributed by atoms with Crippen LogP contribution in [0.2, 0.25) is 0 Å². The number of aromatic nitrogens is 1. The molecule has 0 spiro atoms. The Morgan fingerprint density at radius 3 is 2.86 bits per heavy atom. The number of likely N-dealkylation sites (tertiary alicyclic amines) is 1. The first-order valence-electron chi connectivity index (χ1n) is 10.8. The van der Waals surface area contributed by atoms with Gasteiger partial charge >= 0.3 is 0 Å². The van der Waals surface area contributed by atoms with E-state index in [-0.39, 0.29) is 11.3 Å². The molecule has 2 aliphatic heterocycles. The number of carbonyl (C=O) groups is 1. The minimum absolute atomic E-state index is 0.198. The Morgan fingerprint density at radius 1 is 1.31 bits per heavy atom. The van der Waals surface area contributed by atoms with Gasteiger partial charge in [-0.25, -0.2) is 0 Å². The Bertz CT molecular complexity index is 1000. The molecule has 2 saturated heterocycles. The van der Waals surface area contributed by atoms with Gasteiger partial charge in [-0.1, -0.05) is 26.0 Å². The molecule has 5 rings (SSSR count). The average molecular weight is 389 g/mol. The first-order chi connectivity index (χ1) is 14.0. The first-order valence-corrected chi connectivity index (χ1v) is 10.8. The van der Waals surface area contributed by atoms with Crippen LogP contribution in [0.5, 0.6) is 0 Å². The molecule has 29 heavy (non-hydrogen) atoms. The molecule has 1 N–H and O–H groups in total. The molecule has 1 unspecified atom stereocenters. The molecule has 3 aliphatic rings. The van der Waals surface area contributed by atoms with E-state index in [1.54, 1.807) is 6.20 Å². The molecule has 0 radical (unpaired) electrons. The maximum Gasteiger partial charge on any atom is 0.223 e. The summed E-state index contributed by atoms with van der Waals surface area (Å²) < 4.78 is 0. The van der Waals surface area contributed by atoms with Gasteiger partial charge in [-0.3, -0.25) is 9.78 Å². The lowest BCUT2D eigenvalue weighted by atomic mass is 9.83. The zero-order valence-electron chi connectivity index (χ0n) is 17.2. The van der Waals surface area contributed by atoms with E-state index >= 15 is 0 Å². The van der Waals surface area contributed by atoms with Crippen molar-refractivity contribution >= 4 is 16.8 Å². The number of nitrogens with one attached hydrogen (secondary N) is 1. The largest absolute Gasteiger partial charge is 0.342 e. The molecule has 5 nitrogen and oxygen atoms in total. The quantitative estimate of drug-likeness (QED) is 0.876. The monoisotopic (exact) mass is 388 g/mol. The predicted octanol–water partition coefficient (Wildman–Crippen LogP) is 3.30. The average Bonchev–Trinajstić information content (AvgIpc) is 3.08. The number of nitrogens with zero attached hydrogens (tertiary/aromatic N) is 3. The van der Waals surface area contributed by atoms with Gasteiger partial charge in [-0.15, -0.1) is 0 Å². The number of nitriles is 1. The van der Waals surface area contributed by atoms with Crippen molar-refractivity contribution in [3.63, 3.8) is 0 Å². The Hall–Kier alpha value is -2.45. The lowest BCUT2D eigenvalue weighted by molar-refractivity contribution is -0.134. The third-order valence-corrected chi connectivity index (χ3v) is 7.71. The highest BCUT2D eigenvalue weighted by Crippen LogP contribution is 2.62. The van der Waals surface area contributed by atoms with Crippen molar-refractivity contribution in [2.24, 2.45) is 23.2 Å². The minimum atomic E-state index is 0.198. The number of piperidine rings is 2. The smallest absolute Gasteiger partial charge is 0.223 e. The zero-order valence-corrected chi connectivity index (χ0v) is 17.2. The highest BCUT2D eigenvalue weighted by atomic mass is 16.2. The van der Waals surface area contributed by atoms with Gasteiger partial charge in [-0.05, 0) is 60.4 Å². The molecule has 0 bridgehead atoms. The van der Waals surface area contributed by atoms with Gasteiger partial charge < -0.3 is 10.2 Å². The molecule has 1 aromatic heterocycles. The van der Waals surface area contributed by atoms with Gasteiger partial charge in [-0.2, -0.15) is 5.26 Å². The van der Waals surface area contributed by atoms with Crippen LogP contribution in [0.25, 0.3) is 10.9 Å². The van der Waals surface area contributed by atoms with E-state index in [0.29, 0.717) is 35.6 Å². The van der Waals surface area contributed by atoms with Crippen molar-refractivity contribution in [2.75, 3.05) is 26.2 Å². The van der Waals surface area contributed by atoms with Crippen molar-refractivity contribution in [3.8, 4) is 6.07 Å². The van der Waals surface area contributed by atoms with Crippen LogP contribution in [0.4, 0.5) is 0 Å². The van der Waals surface area contributed by atoms with Crippen LogP contribution in [-0.2, 0) is 4.79 Å². The first kappa shape index (κ1) is 18.6. The molecule has 1 aromatic carbocycles. The highest BCUT2D eigenvalue weighted by Gasteiger charge is 2.63. The number of fused-ring (bicyclic) bond motifs is 2. The number of pyridine rings is 1. The Labute approximate surface area is 172 Å². The summed E-state index contributed by atoms with van der Waals surface area (Å²) >= 11 is 0. The molecule has 3 heterocycles. The van der Waals surface area contributed by atoms with Crippen LogP contribution in [0.3, 0.4) is 0 Å². The van der Waals surface area contributed by atoms with Crippen LogP contribution >= 0.6 is 0 Å². The summed E-state index contributed by atoms with van der Waals surface area (Å²) in [4.78, 5) is 19.8. The fourth-order valence-electron chi connectivity index (χ4n) is 6.03. The molecule has 1 saturated carbocycles. The van der Waals surface area contributed by atoms with E-state index in [0.717, 1.165) is 43.5 Å². The third-order valence-electron chi connectivity index (χ3n) is 7.71. The molecular formula is C24H28N4O. The number of benzene rings is 1. The summed E-state index contributed by atoms with van der Waals surface area (Å²) in [5, 5.41) is 13.9. The molecule has 1 amide bonds. The second-order valence-electron chi connectivity index (χ2n) is 9.60. The van der Waals surface area contributed by atoms with Gasteiger partial charge in [0.15, 0.2) is 0 Å². The van der Waals surface area contributed by atoms with Crippen LogP contribution in [0.15, 0.2) is 30.5 Å². The summed E-state index contributed by atoms with van der Waals surface area (Å²) in [6, 6.07) is 10.2. The second kappa shape index (κ2) is 6.81. The number of hydrogen-bond acceptors (Lipinski definition) is 4. The van der Waals surface area contributed by atoms with E-state index in [2.05, 4.69) is 47.3 Å². The molecule has 150 valence electrons. The summed E-state index contributed by atoms with van der Waals surface area (Å²) in [6.45, 7) is 8.29. The SMILES string of the molecule is C[C@@H]1C[C@@H](c2ccc(C#N)c3ncccc23)CN(C(=O)CC2(C)[C@@H]3CNC[C@@H]32)C1. The van der Waals surface area contributed by atoms with Gasteiger partial charge in [0.1, 0.15) is 6.07 Å². The molecule has 2 aromatic rings. The fourth-order valence-corrected chi connectivity index (χ4v) is 6.03. The Balaban J connectivity index is 1.39. The lowest BCUT2D eigenvalue weighted by Gasteiger charge is -2.38. The van der Waals surface area contributed by atoms with Crippen LogP contribution in [0.1, 0.15) is 43.7 Å². The predicted molar refractivity (Wildman–Crippen MR) is 112 cm³/mol. The third kappa shape index (κ3) is 3.02. The van der Waals surface area contributed by atoms with Gasteiger partial charge in [0, 0.05) is 37.0 Å². The van der Waals surface area contributed by atoms with E-state index in [4.69, 9.17) is 0 Å². The van der Waals surface area contributed by atoms with Crippen molar-refractivity contribution < 1.29 is 4.79 Å². The second-order valence-corrected chi connectivity index (χ2v) is 9.60. The fraction of sp³-hybridized carbons (Fsp3) is 0.542. The van der Waals surface area contributed by atoms with E-state index in [9.17, 15) is 10.1 Å². The maximum atomic E-state index is 13.2. The van der Waals surface area contributed by atoms with Crippen LogP contribution < -0.4 is 5.32 Å². The van der Waals surface area contributed by atoms with E-state index in [1.807, 2.05) is 12.1 Å². The number of hydrogen-bond donors (Lipinski definition) is 1. The van der Waals surface area contributed by atoms with Gasteiger partial charge in [0.2, 0.25) is 5.91 Å². The van der Waals surface area contributed by atoms with Crippen molar-refractivity contribution in [1.29, 1.82) is 5.26 Å². The van der Waals surface area contributed by atoms with Crippen LogP contribution in [-0.4, -0.2) is 42.0 Å². The number of carbonyl (C=O) groups excluding carboxylic acids is 1. The summed E-state index contributed by atoms with van der Waals surface area (Å²) in [5.41, 5.74) is 2.80. The van der Waals surface area contributed by atoms with E-state index < -0.39 is 0 Å². The molecule has 1 aliphatic carbocycles. The Morgan fingerprint density at radius 2 is 2.10 bits per heavy atom. The Kier molecular flexibility index (Phi) is 4.36. The summed E-state index contributed by atoms with van der Waals surface area (Å²) in [5.74, 6) is 2.43. The lowest BCUT2D eigenvalue weighted by Crippen LogP contribution is -2.43. The highest BCUT2D eigenvalue weighted by molar-refractivity contribution is 5.87. The van der Waals surface area contributed by atoms with Crippen molar-refractivity contribution in [1.82, 2.24) is 15.2 Å². The van der Waals surface area contributed by atoms with Crippen LogP contribution in [0, 0.1) is 34.5 Å². The van der Waals surface area contributed by atoms with Crippen molar-refractivity contribution in [2.45, 2.75) is 32.6 Å². The minimum Gasteiger partial charge on any atom is -0.342 e. The molecule has 5 atom stereocenters. The normalized spacial score (nSPS) is 33.3. The number of rotatable bonds is 3.